The molecule has 0 atom stereocenters. The molecule has 3 aromatic rings. The number of carbonyl (C=O) groups is 1. The summed E-state index contributed by atoms with van der Waals surface area (Å²) in [5, 5.41) is 17.8. The van der Waals surface area contributed by atoms with Gasteiger partial charge in [-0.1, -0.05) is 25.2 Å². The van der Waals surface area contributed by atoms with Crippen LogP contribution in [-0.4, -0.2) is 25.6 Å². The summed E-state index contributed by atoms with van der Waals surface area (Å²) >= 11 is 1.13. The summed E-state index contributed by atoms with van der Waals surface area (Å²) in [5.41, 5.74) is 0.327. The maximum atomic E-state index is 12.4. The Kier molecular flexibility index (Phi) is 4.76. The first kappa shape index (κ1) is 17.7. The van der Waals surface area contributed by atoms with Crippen LogP contribution in [0.15, 0.2) is 35.1 Å². The molecular weight excluding hydrogens is 358 g/mol. The number of carbonyl (C=O) groups excluding carboxylic acids is 1. The van der Waals surface area contributed by atoms with Crippen molar-refractivity contribution in [3.63, 3.8) is 0 Å². The summed E-state index contributed by atoms with van der Waals surface area (Å²) < 4.78 is 1.84. The van der Waals surface area contributed by atoms with Crippen molar-refractivity contribution >= 4 is 38.3 Å². The molecule has 1 aromatic carbocycles. The number of amides is 1. The fourth-order valence-electron chi connectivity index (χ4n) is 2.29. The number of benzene rings is 1. The highest BCUT2D eigenvalue weighted by atomic mass is 32.1. The first-order valence-electron chi connectivity index (χ1n) is 7.78. The first-order valence-corrected chi connectivity index (χ1v) is 8.59. The molecule has 2 aromatic heterocycles. The molecule has 2 heterocycles. The van der Waals surface area contributed by atoms with Crippen molar-refractivity contribution < 1.29 is 9.72 Å². The van der Waals surface area contributed by atoms with E-state index in [1.54, 1.807) is 0 Å². The molecule has 1 amide bonds. The maximum absolute atomic E-state index is 12.4. The molecule has 0 unspecified atom stereocenters. The predicted molar refractivity (Wildman–Crippen MR) is 97.6 cm³/mol. The molecule has 9 nitrogen and oxygen atoms in total. The summed E-state index contributed by atoms with van der Waals surface area (Å²) in [7, 11) is 0. The van der Waals surface area contributed by atoms with E-state index >= 15 is 0 Å². The zero-order valence-corrected chi connectivity index (χ0v) is 14.8. The molecule has 134 valence electrons. The molecule has 0 radical (unpaired) electrons. The molecule has 0 saturated carbocycles. The lowest BCUT2D eigenvalue weighted by molar-refractivity contribution is -0.384. The van der Waals surface area contributed by atoms with Crippen molar-refractivity contribution in [2.45, 2.75) is 20.4 Å². The molecule has 10 heteroatoms. The van der Waals surface area contributed by atoms with E-state index in [4.69, 9.17) is 0 Å². The molecule has 0 aliphatic carbocycles. The van der Waals surface area contributed by atoms with Crippen LogP contribution in [0.2, 0.25) is 0 Å². The summed E-state index contributed by atoms with van der Waals surface area (Å²) in [4.78, 5) is 38.8. The number of thiazole rings is 1. The lowest BCUT2D eigenvalue weighted by Gasteiger charge is -2.08. The van der Waals surface area contributed by atoms with E-state index in [0.29, 0.717) is 21.9 Å². The van der Waals surface area contributed by atoms with Crippen molar-refractivity contribution in [2.75, 3.05) is 5.32 Å². The van der Waals surface area contributed by atoms with Gasteiger partial charge >= 0.3 is 0 Å². The Hall–Kier alpha value is -3.14. The highest BCUT2D eigenvalue weighted by Crippen LogP contribution is 2.29. The van der Waals surface area contributed by atoms with Gasteiger partial charge in [-0.25, -0.2) is 9.67 Å². The van der Waals surface area contributed by atoms with Gasteiger partial charge in [0.05, 0.1) is 15.1 Å². The Bertz CT molecular complexity index is 1060. The minimum absolute atomic E-state index is 0.0403. The monoisotopic (exact) mass is 373 g/mol. The minimum Gasteiger partial charge on any atom is -0.296 e. The smallest absolute Gasteiger partial charge is 0.277 e. The molecular formula is C16H15N5O4S. The topological polar surface area (TPSA) is 120 Å². The quantitative estimate of drug-likeness (QED) is 0.542. The zero-order chi connectivity index (χ0) is 18.8. The second-order valence-corrected chi connectivity index (χ2v) is 7.05. The number of rotatable bonds is 5. The lowest BCUT2D eigenvalue weighted by atomic mass is 10.2. The van der Waals surface area contributed by atoms with Crippen LogP contribution in [0.25, 0.3) is 10.2 Å². The molecule has 0 aliphatic heterocycles. The molecule has 3 rings (SSSR count). The number of non-ortho nitro benzene ring substituents is 1. The number of nitro benzene ring substituents is 1. The average Bonchev–Trinajstić information content (AvgIpc) is 2.97. The number of anilines is 1. The molecule has 1 N–H and O–H groups in total. The third kappa shape index (κ3) is 3.75. The highest BCUT2D eigenvalue weighted by molar-refractivity contribution is 7.22. The van der Waals surface area contributed by atoms with Gasteiger partial charge in [0.25, 0.3) is 17.2 Å². The standard InChI is InChI=1S/C16H15N5O4S/c1-9(2)8-20-14(22)6-5-12(19-20)15(23)18-16-17-11-4-3-10(21(24)25)7-13(11)26-16/h3-7,9H,8H2,1-2H3,(H,17,18,23). The summed E-state index contributed by atoms with van der Waals surface area (Å²) in [6.07, 6.45) is 0. The molecule has 26 heavy (non-hydrogen) atoms. The van der Waals surface area contributed by atoms with Crippen LogP contribution in [0, 0.1) is 16.0 Å². The van der Waals surface area contributed by atoms with E-state index < -0.39 is 10.8 Å². The average molecular weight is 373 g/mol. The van der Waals surface area contributed by atoms with Gasteiger partial charge in [0.15, 0.2) is 5.13 Å². The van der Waals surface area contributed by atoms with Crippen molar-refractivity contribution in [1.82, 2.24) is 14.8 Å². The number of nitrogens with zero attached hydrogens (tertiary/aromatic N) is 4. The van der Waals surface area contributed by atoms with Crippen LogP contribution in [0.3, 0.4) is 0 Å². The Labute approximate surface area is 151 Å². The van der Waals surface area contributed by atoms with Crippen molar-refractivity contribution in [2.24, 2.45) is 5.92 Å². The van der Waals surface area contributed by atoms with Crippen LogP contribution in [-0.2, 0) is 6.54 Å². The first-order chi connectivity index (χ1) is 12.3. The highest BCUT2D eigenvalue weighted by Gasteiger charge is 2.15. The summed E-state index contributed by atoms with van der Waals surface area (Å²) in [5.74, 6) is -0.297. The Balaban J connectivity index is 1.84. The van der Waals surface area contributed by atoms with Gasteiger partial charge in [-0.2, -0.15) is 5.10 Å². The van der Waals surface area contributed by atoms with E-state index in [1.165, 1.54) is 35.0 Å². The number of nitrogens with one attached hydrogen (secondary N) is 1. The van der Waals surface area contributed by atoms with Crippen LogP contribution >= 0.6 is 11.3 Å². The third-order valence-electron chi connectivity index (χ3n) is 3.44. The largest absolute Gasteiger partial charge is 0.296 e. The minimum atomic E-state index is -0.504. The number of hydrogen-bond acceptors (Lipinski definition) is 7. The molecule has 0 spiro atoms. The summed E-state index contributed by atoms with van der Waals surface area (Å²) in [6.45, 7) is 4.30. The van der Waals surface area contributed by atoms with Crippen LogP contribution in [0.5, 0.6) is 0 Å². The molecule has 0 aliphatic rings. The van der Waals surface area contributed by atoms with E-state index in [2.05, 4.69) is 15.4 Å². The van der Waals surface area contributed by atoms with Gasteiger partial charge in [0.2, 0.25) is 0 Å². The fraction of sp³-hybridized carbons (Fsp3) is 0.250. The Morgan fingerprint density at radius 1 is 1.35 bits per heavy atom. The van der Waals surface area contributed by atoms with Crippen molar-refractivity contribution in [3.8, 4) is 0 Å². The maximum Gasteiger partial charge on any atom is 0.277 e. The fourth-order valence-corrected chi connectivity index (χ4v) is 3.18. The summed E-state index contributed by atoms with van der Waals surface area (Å²) in [6, 6.07) is 6.94. The zero-order valence-electron chi connectivity index (χ0n) is 14.0. The van der Waals surface area contributed by atoms with Gasteiger partial charge in [-0.05, 0) is 18.1 Å². The van der Waals surface area contributed by atoms with Crippen LogP contribution in [0.1, 0.15) is 24.3 Å². The SMILES string of the molecule is CC(C)Cn1nc(C(=O)Nc2nc3ccc([N+](=O)[O-])cc3s2)ccc1=O. The van der Waals surface area contributed by atoms with Gasteiger partial charge < -0.3 is 0 Å². The second-order valence-electron chi connectivity index (χ2n) is 6.02. The molecule has 0 fully saturated rings. The number of nitro groups is 1. The van der Waals surface area contributed by atoms with Crippen LogP contribution < -0.4 is 10.9 Å². The van der Waals surface area contributed by atoms with E-state index in [-0.39, 0.29) is 22.9 Å². The Morgan fingerprint density at radius 2 is 2.12 bits per heavy atom. The van der Waals surface area contributed by atoms with E-state index in [1.807, 2.05) is 13.8 Å². The number of hydrogen-bond donors (Lipinski definition) is 1. The second kappa shape index (κ2) is 7.00. The van der Waals surface area contributed by atoms with Gasteiger partial charge in [0, 0.05) is 24.7 Å². The van der Waals surface area contributed by atoms with Gasteiger partial charge in [-0.15, -0.1) is 0 Å². The van der Waals surface area contributed by atoms with E-state index in [0.717, 1.165) is 11.3 Å². The molecule has 0 saturated heterocycles. The van der Waals surface area contributed by atoms with Gasteiger partial charge in [0.1, 0.15) is 5.69 Å². The van der Waals surface area contributed by atoms with Crippen LogP contribution in [0.4, 0.5) is 10.8 Å². The third-order valence-corrected chi connectivity index (χ3v) is 4.37. The lowest BCUT2D eigenvalue weighted by Crippen LogP contribution is -2.27. The van der Waals surface area contributed by atoms with Crippen molar-refractivity contribution in [3.05, 3.63) is 56.5 Å². The van der Waals surface area contributed by atoms with Gasteiger partial charge in [-0.3, -0.25) is 25.0 Å². The van der Waals surface area contributed by atoms with E-state index in [9.17, 15) is 19.7 Å². The molecule has 0 bridgehead atoms. The Morgan fingerprint density at radius 3 is 2.81 bits per heavy atom. The predicted octanol–water partition coefficient (Wildman–Crippen LogP) is 2.67. The number of fused-ring (bicyclic) bond motifs is 1. The number of aromatic nitrogens is 3. The normalized spacial score (nSPS) is 11.0. The van der Waals surface area contributed by atoms with Crippen molar-refractivity contribution in [1.29, 1.82) is 0 Å².